The van der Waals surface area contributed by atoms with Crippen LogP contribution in [0.1, 0.15) is 26.2 Å². The predicted molar refractivity (Wildman–Crippen MR) is 80.8 cm³/mol. The van der Waals surface area contributed by atoms with Gasteiger partial charge in [0.2, 0.25) is 5.91 Å². The zero-order chi connectivity index (χ0) is 13.8. The molecule has 0 unspecified atom stereocenters. The average Bonchev–Trinajstić information content (AvgIpc) is 2.87. The van der Waals surface area contributed by atoms with Crippen LogP contribution in [0, 0.1) is 0 Å². The van der Waals surface area contributed by atoms with Crippen LogP contribution >= 0.6 is 22.9 Å². The molecule has 1 heterocycles. The molecule has 0 saturated heterocycles. The Hall–Kier alpha value is -1.17. The normalized spacial score (nSPS) is 12.6. The fourth-order valence-corrected chi connectivity index (χ4v) is 2.68. The monoisotopic (exact) mass is 297 g/mol. The molecule has 0 aliphatic rings. The summed E-state index contributed by atoms with van der Waals surface area (Å²) in [5.74, 6) is -0.212. The highest BCUT2D eigenvalue weighted by Gasteiger charge is 2.16. The zero-order valence-electron chi connectivity index (χ0n) is 10.6. The molecular formula is C13H16ClN3OS. The Morgan fingerprint density at radius 2 is 2.37 bits per heavy atom. The van der Waals surface area contributed by atoms with Gasteiger partial charge in [-0.3, -0.25) is 4.79 Å². The Morgan fingerprint density at radius 1 is 1.58 bits per heavy atom. The van der Waals surface area contributed by atoms with Crippen molar-refractivity contribution in [1.82, 2.24) is 4.98 Å². The number of benzene rings is 1. The first-order valence-electron chi connectivity index (χ1n) is 6.21. The maximum Gasteiger partial charge on any atom is 0.241 e. The number of hydrogen-bond acceptors (Lipinski definition) is 4. The van der Waals surface area contributed by atoms with Gasteiger partial charge >= 0.3 is 0 Å². The molecule has 1 amide bonds. The average molecular weight is 298 g/mol. The number of aromatic nitrogens is 1. The van der Waals surface area contributed by atoms with Gasteiger partial charge in [-0.2, -0.15) is 0 Å². The van der Waals surface area contributed by atoms with Crippen LogP contribution < -0.4 is 11.1 Å². The van der Waals surface area contributed by atoms with E-state index in [-0.39, 0.29) is 5.91 Å². The molecular weight excluding hydrogens is 282 g/mol. The van der Waals surface area contributed by atoms with Gasteiger partial charge in [-0.25, -0.2) is 4.98 Å². The van der Waals surface area contributed by atoms with Crippen LogP contribution in [0.25, 0.3) is 10.2 Å². The van der Waals surface area contributed by atoms with Crippen molar-refractivity contribution in [2.24, 2.45) is 5.73 Å². The van der Waals surface area contributed by atoms with Gasteiger partial charge in [0.25, 0.3) is 0 Å². The number of nitrogens with zero attached hydrogens (tertiary/aromatic N) is 1. The van der Waals surface area contributed by atoms with Crippen molar-refractivity contribution >= 4 is 44.7 Å². The number of rotatable bonds is 5. The molecule has 0 radical (unpaired) electrons. The number of nitrogens with two attached hydrogens (primary N) is 1. The molecule has 6 heteroatoms. The SMILES string of the molecule is CCCC[C@H](N)C(=O)Nc1c(Cl)ccc2scnc12. The van der Waals surface area contributed by atoms with Crippen LogP contribution in [0.2, 0.25) is 5.02 Å². The van der Waals surface area contributed by atoms with Crippen LogP contribution in [-0.4, -0.2) is 16.9 Å². The molecule has 0 spiro atoms. The number of carbonyl (C=O) groups excluding carboxylic acids is 1. The van der Waals surface area contributed by atoms with E-state index in [1.807, 2.05) is 6.07 Å². The first kappa shape index (κ1) is 14.2. The number of unbranched alkanes of at least 4 members (excludes halogenated alkanes) is 1. The third-order valence-electron chi connectivity index (χ3n) is 2.91. The standard InChI is InChI=1S/C13H16ClN3OS/c1-2-3-4-9(15)13(18)17-11-8(14)5-6-10-12(11)16-7-19-10/h5-7,9H,2-4,15H2,1H3,(H,17,18)/t9-/m0/s1. The summed E-state index contributed by atoms with van der Waals surface area (Å²) in [5.41, 5.74) is 8.85. The first-order chi connectivity index (χ1) is 9.13. The summed E-state index contributed by atoms with van der Waals surface area (Å²) >= 11 is 7.63. The van der Waals surface area contributed by atoms with Crippen molar-refractivity contribution in [3.8, 4) is 0 Å². The molecule has 2 rings (SSSR count). The van der Waals surface area contributed by atoms with E-state index in [1.165, 1.54) is 11.3 Å². The second-order valence-corrected chi connectivity index (χ2v) is 5.65. The Kier molecular flexibility index (Phi) is 4.74. The van der Waals surface area contributed by atoms with Crippen LogP contribution in [0.15, 0.2) is 17.6 Å². The topological polar surface area (TPSA) is 68.0 Å². The highest BCUT2D eigenvalue weighted by molar-refractivity contribution is 7.16. The lowest BCUT2D eigenvalue weighted by molar-refractivity contribution is -0.117. The molecule has 0 aliphatic heterocycles. The van der Waals surface area contributed by atoms with Crippen molar-refractivity contribution in [2.45, 2.75) is 32.2 Å². The number of anilines is 1. The Morgan fingerprint density at radius 3 is 3.11 bits per heavy atom. The summed E-state index contributed by atoms with van der Waals surface area (Å²) in [5, 5.41) is 3.28. The molecule has 0 bridgehead atoms. The third kappa shape index (κ3) is 3.23. The van der Waals surface area contributed by atoms with E-state index in [1.54, 1.807) is 11.6 Å². The Balaban J connectivity index is 2.18. The molecule has 0 aliphatic carbocycles. The van der Waals surface area contributed by atoms with Gasteiger partial charge in [-0.1, -0.05) is 31.4 Å². The minimum atomic E-state index is -0.509. The van der Waals surface area contributed by atoms with Gasteiger partial charge in [-0.05, 0) is 18.6 Å². The van der Waals surface area contributed by atoms with Gasteiger partial charge in [0.15, 0.2) is 0 Å². The lowest BCUT2D eigenvalue weighted by atomic mass is 10.1. The number of hydrogen-bond donors (Lipinski definition) is 2. The minimum Gasteiger partial charge on any atom is -0.322 e. The van der Waals surface area contributed by atoms with E-state index in [9.17, 15) is 4.79 Å². The molecule has 0 saturated carbocycles. The molecule has 0 fully saturated rings. The van der Waals surface area contributed by atoms with E-state index in [4.69, 9.17) is 17.3 Å². The number of halogens is 1. The highest BCUT2D eigenvalue weighted by Crippen LogP contribution is 2.32. The van der Waals surface area contributed by atoms with Gasteiger partial charge in [0, 0.05) is 0 Å². The molecule has 1 aromatic carbocycles. The van der Waals surface area contributed by atoms with E-state index in [2.05, 4.69) is 17.2 Å². The number of amides is 1. The largest absolute Gasteiger partial charge is 0.322 e. The number of carbonyl (C=O) groups is 1. The van der Waals surface area contributed by atoms with Gasteiger partial charge < -0.3 is 11.1 Å². The summed E-state index contributed by atoms with van der Waals surface area (Å²) < 4.78 is 0.988. The number of nitrogens with one attached hydrogen (secondary N) is 1. The zero-order valence-corrected chi connectivity index (χ0v) is 12.2. The van der Waals surface area contributed by atoms with Crippen LogP contribution in [-0.2, 0) is 4.79 Å². The molecule has 3 N–H and O–H groups in total. The van der Waals surface area contributed by atoms with Crippen LogP contribution in [0.4, 0.5) is 5.69 Å². The summed E-state index contributed by atoms with van der Waals surface area (Å²) in [6.07, 6.45) is 2.62. The Bertz CT molecular complexity index is 584. The summed E-state index contributed by atoms with van der Waals surface area (Å²) in [7, 11) is 0. The highest BCUT2D eigenvalue weighted by atomic mass is 35.5. The molecule has 19 heavy (non-hydrogen) atoms. The van der Waals surface area contributed by atoms with Crippen molar-refractivity contribution < 1.29 is 4.79 Å². The van der Waals surface area contributed by atoms with Crippen molar-refractivity contribution in [3.63, 3.8) is 0 Å². The molecule has 2 aromatic rings. The van der Waals surface area contributed by atoms with E-state index < -0.39 is 6.04 Å². The van der Waals surface area contributed by atoms with Crippen molar-refractivity contribution in [2.75, 3.05) is 5.32 Å². The fraction of sp³-hybridized carbons (Fsp3) is 0.385. The molecule has 1 aromatic heterocycles. The van der Waals surface area contributed by atoms with Crippen molar-refractivity contribution in [1.29, 1.82) is 0 Å². The van der Waals surface area contributed by atoms with Gasteiger partial charge in [0.05, 0.1) is 27.0 Å². The fourth-order valence-electron chi connectivity index (χ4n) is 1.80. The third-order valence-corrected chi connectivity index (χ3v) is 4.01. The molecule has 1 atom stereocenters. The summed E-state index contributed by atoms with van der Waals surface area (Å²) in [4.78, 5) is 16.2. The van der Waals surface area contributed by atoms with Crippen LogP contribution in [0.5, 0.6) is 0 Å². The van der Waals surface area contributed by atoms with E-state index in [0.29, 0.717) is 22.6 Å². The smallest absolute Gasteiger partial charge is 0.241 e. The predicted octanol–water partition coefficient (Wildman–Crippen LogP) is 3.41. The minimum absolute atomic E-state index is 0.212. The molecule has 102 valence electrons. The second-order valence-electron chi connectivity index (χ2n) is 4.36. The number of fused-ring (bicyclic) bond motifs is 1. The lowest BCUT2D eigenvalue weighted by Gasteiger charge is -2.13. The lowest BCUT2D eigenvalue weighted by Crippen LogP contribution is -2.35. The van der Waals surface area contributed by atoms with Gasteiger partial charge in [0.1, 0.15) is 5.52 Å². The maximum atomic E-state index is 12.0. The summed E-state index contributed by atoms with van der Waals surface area (Å²) in [6.45, 7) is 2.07. The van der Waals surface area contributed by atoms with Gasteiger partial charge in [-0.15, -0.1) is 11.3 Å². The van der Waals surface area contributed by atoms with E-state index >= 15 is 0 Å². The van der Waals surface area contributed by atoms with Crippen molar-refractivity contribution in [3.05, 3.63) is 22.7 Å². The molecule has 4 nitrogen and oxygen atoms in total. The van der Waals surface area contributed by atoms with Crippen LogP contribution in [0.3, 0.4) is 0 Å². The maximum absolute atomic E-state index is 12.0. The Labute approximate surface area is 121 Å². The number of thiazole rings is 1. The quantitative estimate of drug-likeness (QED) is 0.888. The second kappa shape index (κ2) is 6.32. The first-order valence-corrected chi connectivity index (χ1v) is 7.47. The summed E-state index contributed by atoms with van der Waals surface area (Å²) in [6, 6.07) is 3.14. The van der Waals surface area contributed by atoms with E-state index in [0.717, 1.165) is 17.5 Å².